The Morgan fingerprint density at radius 1 is 1.71 bits per heavy atom. The number of aliphatic hydroxyl groups excluding tert-OH is 1. The summed E-state index contributed by atoms with van der Waals surface area (Å²) >= 11 is 0. The van der Waals surface area contributed by atoms with E-state index in [2.05, 4.69) is 10.2 Å². The Kier molecular flexibility index (Phi) is 1.99. The summed E-state index contributed by atoms with van der Waals surface area (Å²) in [6, 6.07) is 1.41. The van der Waals surface area contributed by atoms with Crippen molar-refractivity contribution in [3.8, 4) is 0 Å². The Labute approximate surface area is 80.1 Å². The van der Waals surface area contributed by atoms with Gasteiger partial charge in [0, 0.05) is 5.41 Å². The summed E-state index contributed by atoms with van der Waals surface area (Å²) in [5, 5.41) is 25.9. The number of hydrogen-bond donors (Lipinski definition) is 2. The molecule has 1 aliphatic rings. The first-order valence-corrected chi connectivity index (χ1v) is 4.49. The monoisotopic (exact) mass is 197 g/mol. The van der Waals surface area contributed by atoms with Crippen molar-refractivity contribution in [3.63, 3.8) is 0 Å². The predicted molar refractivity (Wildman–Crippen MR) is 47.9 cm³/mol. The van der Waals surface area contributed by atoms with Crippen LogP contribution in [0.3, 0.4) is 0 Å². The van der Waals surface area contributed by atoms with Gasteiger partial charge in [-0.05, 0) is 17.8 Å². The highest BCUT2D eigenvalue weighted by atomic mass is 16.6. The van der Waals surface area contributed by atoms with Crippen molar-refractivity contribution in [3.05, 3.63) is 21.9 Å². The van der Waals surface area contributed by atoms with E-state index in [1.165, 1.54) is 6.07 Å². The van der Waals surface area contributed by atoms with E-state index in [1.807, 2.05) is 0 Å². The molecule has 0 saturated heterocycles. The van der Waals surface area contributed by atoms with Crippen LogP contribution < -0.4 is 0 Å². The number of nitrogens with one attached hydrogen (secondary N) is 1. The van der Waals surface area contributed by atoms with Gasteiger partial charge in [-0.3, -0.25) is 0 Å². The molecule has 0 unspecified atom stereocenters. The number of aromatic amines is 1. The van der Waals surface area contributed by atoms with Gasteiger partial charge in [0.1, 0.15) is 5.69 Å². The number of hydrogen-bond acceptors (Lipinski definition) is 4. The average Bonchev–Trinajstić information content (AvgIpc) is 2.52. The van der Waals surface area contributed by atoms with E-state index in [1.54, 1.807) is 0 Å². The van der Waals surface area contributed by atoms with Gasteiger partial charge in [-0.2, -0.15) is 0 Å². The first kappa shape index (κ1) is 9.14. The molecular weight excluding hydrogens is 186 g/mol. The Hall–Kier alpha value is -1.43. The molecule has 1 aromatic rings. The van der Waals surface area contributed by atoms with Crippen molar-refractivity contribution < 1.29 is 10.0 Å². The molecule has 6 nitrogen and oxygen atoms in total. The summed E-state index contributed by atoms with van der Waals surface area (Å²) < 4.78 is 0. The third kappa shape index (κ3) is 1.19. The van der Waals surface area contributed by atoms with Crippen LogP contribution in [0.25, 0.3) is 0 Å². The molecule has 1 fully saturated rings. The van der Waals surface area contributed by atoms with Crippen LogP contribution >= 0.6 is 0 Å². The Morgan fingerprint density at radius 2 is 2.43 bits per heavy atom. The molecule has 0 bridgehead atoms. The number of rotatable bonds is 3. The van der Waals surface area contributed by atoms with Crippen LogP contribution in [0.4, 0.5) is 5.82 Å². The second-order valence-corrected chi connectivity index (χ2v) is 3.69. The fourth-order valence-corrected chi connectivity index (χ4v) is 1.78. The maximum atomic E-state index is 10.4. The summed E-state index contributed by atoms with van der Waals surface area (Å²) in [6.07, 6.45) is 2.75. The van der Waals surface area contributed by atoms with Crippen molar-refractivity contribution in [2.24, 2.45) is 0 Å². The minimum atomic E-state index is -0.514. The Balaban J connectivity index is 2.27. The molecule has 2 rings (SSSR count). The number of nitrogens with zero attached hydrogens (tertiary/aromatic N) is 2. The smallest absolute Gasteiger partial charge is 0.342 e. The number of H-pyrrole nitrogens is 1. The minimum Gasteiger partial charge on any atom is -0.395 e. The quantitative estimate of drug-likeness (QED) is 0.552. The van der Waals surface area contributed by atoms with Gasteiger partial charge in [0.15, 0.2) is 0 Å². The third-order valence-electron chi connectivity index (χ3n) is 2.92. The van der Waals surface area contributed by atoms with Gasteiger partial charge in [-0.15, -0.1) is 5.10 Å². The van der Waals surface area contributed by atoms with Crippen molar-refractivity contribution in [1.82, 2.24) is 10.2 Å². The van der Waals surface area contributed by atoms with Gasteiger partial charge >= 0.3 is 5.82 Å². The minimum absolute atomic E-state index is 0.00894. The maximum absolute atomic E-state index is 10.4. The zero-order valence-corrected chi connectivity index (χ0v) is 7.56. The summed E-state index contributed by atoms with van der Waals surface area (Å²) in [4.78, 5) is 9.89. The molecule has 0 aromatic carbocycles. The zero-order valence-electron chi connectivity index (χ0n) is 7.56. The van der Waals surface area contributed by atoms with Crippen LogP contribution in [0, 0.1) is 10.1 Å². The Bertz CT molecular complexity index is 351. The van der Waals surface area contributed by atoms with E-state index in [0.717, 1.165) is 19.3 Å². The predicted octanol–water partition coefficient (Wildman–Crippen LogP) is 0.732. The highest BCUT2D eigenvalue weighted by molar-refractivity contribution is 5.28. The molecule has 0 amide bonds. The molecule has 1 aliphatic carbocycles. The molecular formula is C8H11N3O3. The van der Waals surface area contributed by atoms with Gasteiger partial charge in [0.05, 0.1) is 12.7 Å². The van der Waals surface area contributed by atoms with E-state index in [4.69, 9.17) is 0 Å². The highest BCUT2D eigenvalue weighted by Crippen LogP contribution is 2.42. The second-order valence-electron chi connectivity index (χ2n) is 3.69. The van der Waals surface area contributed by atoms with Crippen LogP contribution in [0.2, 0.25) is 0 Å². The van der Waals surface area contributed by atoms with Gasteiger partial charge in [-0.25, -0.2) is 0 Å². The summed E-state index contributed by atoms with van der Waals surface area (Å²) in [6.45, 7) is 0.00894. The van der Waals surface area contributed by atoms with Crippen molar-refractivity contribution >= 4 is 5.82 Å². The molecule has 76 valence electrons. The third-order valence-corrected chi connectivity index (χ3v) is 2.92. The normalized spacial score (nSPS) is 18.9. The van der Waals surface area contributed by atoms with Crippen molar-refractivity contribution in [2.45, 2.75) is 24.7 Å². The van der Waals surface area contributed by atoms with Crippen LogP contribution in [0.5, 0.6) is 0 Å². The van der Waals surface area contributed by atoms with Crippen LogP contribution in [0.15, 0.2) is 6.07 Å². The molecule has 1 aromatic heterocycles. The molecule has 0 aliphatic heterocycles. The molecule has 6 heteroatoms. The summed E-state index contributed by atoms with van der Waals surface area (Å²) in [7, 11) is 0. The highest BCUT2D eigenvalue weighted by Gasteiger charge is 2.41. The lowest BCUT2D eigenvalue weighted by atomic mass is 9.67. The standard InChI is InChI=1S/C8H11N3O3/c12-5-8(2-1-3-8)6-4-7(10-9-6)11(13)14/h4,12H,1-3,5H2,(H,9,10). The van der Waals surface area contributed by atoms with E-state index in [9.17, 15) is 15.2 Å². The fourth-order valence-electron chi connectivity index (χ4n) is 1.78. The SMILES string of the molecule is O=[N+]([O-])c1cc(C2(CO)CCC2)n[nH]1. The first-order chi connectivity index (χ1) is 6.68. The number of aliphatic hydroxyl groups is 1. The fraction of sp³-hybridized carbons (Fsp3) is 0.625. The largest absolute Gasteiger partial charge is 0.395 e. The lowest BCUT2D eigenvalue weighted by Crippen LogP contribution is -2.38. The molecule has 14 heavy (non-hydrogen) atoms. The molecule has 1 heterocycles. The van der Waals surface area contributed by atoms with Gasteiger partial charge in [0.25, 0.3) is 0 Å². The topological polar surface area (TPSA) is 92.1 Å². The Morgan fingerprint density at radius 3 is 2.79 bits per heavy atom. The van der Waals surface area contributed by atoms with E-state index in [-0.39, 0.29) is 17.8 Å². The van der Waals surface area contributed by atoms with Crippen molar-refractivity contribution in [1.29, 1.82) is 0 Å². The molecule has 2 N–H and O–H groups in total. The van der Waals surface area contributed by atoms with Crippen molar-refractivity contribution in [2.75, 3.05) is 6.61 Å². The van der Waals surface area contributed by atoms with Crippen LogP contribution in [-0.2, 0) is 5.41 Å². The lowest BCUT2D eigenvalue weighted by molar-refractivity contribution is -0.389. The summed E-state index contributed by atoms with van der Waals surface area (Å²) in [5.41, 5.74) is 0.281. The molecule has 1 saturated carbocycles. The maximum Gasteiger partial charge on any atom is 0.342 e. The molecule has 0 atom stereocenters. The number of nitro groups is 1. The average molecular weight is 197 g/mol. The second kappa shape index (κ2) is 3.06. The lowest BCUT2D eigenvalue weighted by Gasteiger charge is -2.37. The van der Waals surface area contributed by atoms with Crippen LogP contribution in [-0.4, -0.2) is 26.8 Å². The zero-order chi connectivity index (χ0) is 10.2. The van der Waals surface area contributed by atoms with E-state index < -0.39 is 4.92 Å². The number of aromatic nitrogens is 2. The molecule has 0 radical (unpaired) electrons. The summed E-state index contributed by atoms with van der Waals surface area (Å²) in [5.74, 6) is -0.111. The van der Waals surface area contributed by atoms with E-state index in [0.29, 0.717) is 5.69 Å². The van der Waals surface area contributed by atoms with Gasteiger partial charge < -0.3 is 15.2 Å². The van der Waals surface area contributed by atoms with Crippen LogP contribution in [0.1, 0.15) is 25.0 Å². The molecule has 0 spiro atoms. The van der Waals surface area contributed by atoms with Gasteiger partial charge in [-0.1, -0.05) is 11.5 Å². The first-order valence-electron chi connectivity index (χ1n) is 4.49. The van der Waals surface area contributed by atoms with E-state index >= 15 is 0 Å². The van der Waals surface area contributed by atoms with Gasteiger partial charge in [0.2, 0.25) is 0 Å².